The monoisotopic (exact) mass is 478 g/mol. The molecule has 146 valence electrons. The fourth-order valence-electron chi connectivity index (χ4n) is 3.82. The Balaban J connectivity index is 0.00000261. The summed E-state index contributed by atoms with van der Waals surface area (Å²) in [5.41, 5.74) is 7.08. The number of hydrogen-bond donors (Lipinski definition) is 0. The van der Waals surface area contributed by atoms with Gasteiger partial charge in [-0.05, 0) is 58.9 Å². The second-order valence-corrected chi connectivity index (χ2v) is 6.55. The zero-order valence-corrected chi connectivity index (χ0v) is 19.3. The van der Waals surface area contributed by atoms with E-state index in [4.69, 9.17) is 4.98 Å². The molecule has 4 nitrogen and oxygen atoms in total. The molecule has 0 spiro atoms. The molecule has 3 rings (SSSR count). The lowest BCUT2D eigenvalue weighted by atomic mass is 10.2. The summed E-state index contributed by atoms with van der Waals surface area (Å²) in [6.07, 6.45) is 0. The van der Waals surface area contributed by atoms with Crippen LogP contribution in [0.25, 0.3) is 22.1 Å². The predicted octanol–water partition coefficient (Wildman–Crippen LogP) is 1.39. The molecule has 0 aliphatic carbocycles. The lowest BCUT2D eigenvalue weighted by molar-refractivity contribution is -0.641. The summed E-state index contributed by atoms with van der Waals surface area (Å²) in [4.78, 5) is 9.70. The third-order valence-electron chi connectivity index (χ3n) is 5.31. The molecular weight excluding hydrogens is 447 g/mol. The Morgan fingerprint density at radius 2 is 1.11 bits per heavy atom. The van der Waals surface area contributed by atoms with Crippen molar-refractivity contribution in [3.05, 3.63) is 36.4 Å². The first-order chi connectivity index (χ1) is 12.7. The zero-order chi connectivity index (χ0) is 18.7. The molecule has 3 aromatic rings. The molecule has 0 radical (unpaired) electrons. The Bertz CT molecular complexity index is 832. The highest BCUT2D eigenvalue weighted by Gasteiger charge is 2.18. The van der Waals surface area contributed by atoms with E-state index in [2.05, 4.69) is 85.4 Å². The van der Waals surface area contributed by atoms with E-state index in [1.165, 1.54) is 22.4 Å². The maximum Gasteiger partial charge on any atom is 0.233 e. The van der Waals surface area contributed by atoms with Gasteiger partial charge in [-0.2, -0.15) is 4.57 Å². The number of aromatic nitrogens is 2. The van der Waals surface area contributed by atoms with Crippen LogP contribution in [0, 0.1) is 0 Å². The Morgan fingerprint density at radius 3 is 1.44 bits per heavy atom. The van der Waals surface area contributed by atoms with Crippen LogP contribution in [0.1, 0.15) is 34.6 Å². The normalized spacial score (nSPS) is 10.9. The van der Waals surface area contributed by atoms with Gasteiger partial charge in [0.2, 0.25) is 11.0 Å². The Hall–Kier alpha value is -1.63. The van der Waals surface area contributed by atoms with Crippen molar-refractivity contribution in [3.8, 4) is 0 Å². The highest BCUT2D eigenvalue weighted by Crippen LogP contribution is 2.24. The van der Waals surface area contributed by atoms with Crippen LogP contribution in [0.2, 0.25) is 0 Å². The summed E-state index contributed by atoms with van der Waals surface area (Å²) in [6, 6.07) is 13.3. The van der Waals surface area contributed by atoms with Gasteiger partial charge in [-0.3, -0.25) is 0 Å². The first-order valence-corrected chi connectivity index (χ1v) is 9.93. The average molecular weight is 478 g/mol. The van der Waals surface area contributed by atoms with Crippen LogP contribution in [-0.2, 0) is 6.54 Å². The third-order valence-corrected chi connectivity index (χ3v) is 5.31. The number of rotatable bonds is 7. The van der Waals surface area contributed by atoms with Crippen molar-refractivity contribution in [2.24, 2.45) is 0 Å². The summed E-state index contributed by atoms with van der Waals surface area (Å²) < 4.78 is 2.40. The molecule has 0 aliphatic rings. The highest BCUT2D eigenvalue weighted by atomic mass is 127. The van der Waals surface area contributed by atoms with E-state index in [-0.39, 0.29) is 24.0 Å². The van der Waals surface area contributed by atoms with Gasteiger partial charge in [0.25, 0.3) is 0 Å². The maximum atomic E-state index is 4.93. The molecule has 0 N–H and O–H groups in total. The van der Waals surface area contributed by atoms with Gasteiger partial charge in [-0.25, -0.2) is 4.98 Å². The number of halogens is 1. The molecule has 5 heteroatoms. The number of hydrogen-bond acceptors (Lipinski definition) is 3. The summed E-state index contributed by atoms with van der Waals surface area (Å²) in [7, 11) is 0. The van der Waals surface area contributed by atoms with Gasteiger partial charge in [-0.1, -0.05) is 0 Å². The van der Waals surface area contributed by atoms with Crippen molar-refractivity contribution >= 4 is 33.4 Å². The van der Waals surface area contributed by atoms with Gasteiger partial charge in [0, 0.05) is 49.7 Å². The van der Waals surface area contributed by atoms with E-state index in [0.717, 1.165) is 43.8 Å². The SMILES string of the molecule is CCN(CC)c1ccc2nc3ccc(N(CC)CC)cc3[n+](CC)c2c1.[I-]. The molecule has 0 fully saturated rings. The number of benzene rings is 2. The minimum atomic E-state index is 0. The van der Waals surface area contributed by atoms with Crippen molar-refractivity contribution in [1.82, 2.24) is 4.98 Å². The minimum absolute atomic E-state index is 0. The van der Waals surface area contributed by atoms with Gasteiger partial charge in [0.15, 0.2) is 0 Å². The summed E-state index contributed by atoms with van der Waals surface area (Å²) in [5, 5.41) is 0. The molecule has 1 aromatic heterocycles. The molecule has 0 saturated carbocycles. The Labute approximate surface area is 180 Å². The van der Waals surface area contributed by atoms with Gasteiger partial charge in [-0.15, -0.1) is 0 Å². The van der Waals surface area contributed by atoms with Gasteiger partial charge in [0.1, 0.15) is 17.6 Å². The van der Waals surface area contributed by atoms with Crippen LogP contribution in [0.5, 0.6) is 0 Å². The van der Waals surface area contributed by atoms with Crippen molar-refractivity contribution in [2.75, 3.05) is 36.0 Å². The predicted molar refractivity (Wildman–Crippen MR) is 112 cm³/mol. The van der Waals surface area contributed by atoms with Crippen molar-refractivity contribution in [1.29, 1.82) is 0 Å². The quantitative estimate of drug-likeness (QED) is 0.292. The lowest BCUT2D eigenvalue weighted by Crippen LogP contribution is -3.00. The van der Waals surface area contributed by atoms with Crippen molar-refractivity contribution in [3.63, 3.8) is 0 Å². The first-order valence-electron chi connectivity index (χ1n) is 9.93. The Morgan fingerprint density at radius 1 is 0.704 bits per heavy atom. The molecule has 0 atom stereocenters. The van der Waals surface area contributed by atoms with Crippen LogP contribution in [0.3, 0.4) is 0 Å². The molecule has 0 unspecified atom stereocenters. The number of anilines is 2. The van der Waals surface area contributed by atoms with Gasteiger partial charge in [0.05, 0.1) is 0 Å². The fourth-order valence-corrected chi connectivity index (χ4v) is 3.82. The van der Waals surface area contributed by atoms with E-state index in [1.54, 1.807) is 0 Å². The second-order valence-electron chi connectivity index (χ2n) is 6.55. The summed E-state index contributed by atoms with van der Waals surface area (Å²) >= 11 is 0. The Kier molecular flexibility index (Phi) is 7.65. The molecule has 0 aliphatic heterocycles. The number of fused-ring (bicyclic) bond motifs is 2. The topological polar surface area (TPSA) is 23.3 Å². The number of aryl methyl sites for hydroxylation is 1. The summed E-state index contributed by atoms with van der Waals surface area (Å²) in [5.74, 6) is 0. The molecule has 0 saturated heterocycles. The van der Waals surface area contributed by atoms with E-state index in [9.17, 15) is 0 Å². The summed E-state index contributed by atoms with van der Waals surface area (Å²) in [6.45, 7) is 16.0. The van der Waals surface area contributed by atoms with Crippen molar-refractivity contribution in [2.45, 2.75) is 41.2 Å². The molecule has 0 bridgehead atoms. The second kappa shape index (κ2) is 9.53. The van der Waals surface area contributed by atoms with E-state index < -0.39 is 0 Å². The molecule has 2 aromatic carbocycles. The zero-order valence-electron chi connectivity index (χ0n) is 17.2. The molecular formula is C22H31IN4. The van der Waals surface area contributed by atoms with Crippen molar-refractivity contribution < 1.29 is 28.5 Å². The van der Waals surface area contributed by atoms with E-state index in [0.29, 0.717) is 0 Å². The van der Waals surface area contributed by atoms with Crippen LogP contribution in [0.15, 0.2) is 36.4 Å². The van der Waals surface area contributed by atoms with E-state index >= 15 is 0 Å². The van der Waals surface area contributed by atoms with Gasteiger partial charge >= 0.3 is 0 Å². The standard InChI is InChI=1S/C22H31N4.HI/c1-6-24(7-2)17-11-13-19-21(15-17)26(10-5)22-16-18(25(8-3)9-4)12-14-20(22)23-19;/h11-16H,6-10H2,1-5H3;1H/q+1;/p-1. The maximum absolute atomic E-state index is 4.93. The molecule has 27 heavy (non-hydrogen) atoms. The third kappa shape index (κ3) is 4.13. The smallest absolute Gasteiger partial charge is 0.233 e. The van der Waals surface area contributed by atoms with Crippen LogP contribution in [0.4, 0.5) is 11.4 Å². The molecule has 0 amide bonds. The lowest BCUT2D eigenvalue weighted by Gasteiger charge is -2.21. The van der Waals surface area contributed by atoms with E-state index in [1.807, 2.05) is 0 Å². The van der Waals surface area contributed by atoms with Crippen LogP contribution < -0.4 is 38.3 Å². The van der Waals surface area contributed by atoms with Crippen LogP contribution >= 0.6 is 0 Å². The number of nitrogens with zero attached hydrogens (tertiary/aromatic N) is 4. The molecule has 1 heterocycles. The average Bonchev–Trinajstić information content (AvgIpc) is 2.68. The first kappa shape index (κ1) is 21.7. The largest absolute Gasteiger partial charge is 1.00 e. The fraction of sp³-hybridized carbons (Fsp3) is 0.455. The van der Waals surface area contributed by atoms with Gasteiger partial charge < -0.3 is 33.8 Å². The highest BCUT2D eigenvalue weighted by molar-refractivity contribution is 5.85. The van der Waals surface area contributed by atoms with Crippen LogP contribution in [-0.4, -0.2) is 31.2 Å². The minimum Gasteiger partial charge on any atom is -1.00 e.